The first-order chi connectivity index (χ1) is 11.5. The fourth-order valence-corrected chi connectivity index (χ4v) is 2.95. The van der Waals surface area contributed by atoms with Gasteiger partial charge in [-0.3, -0.25) is 0 Å². The summed E-state index contributed by atoms with van der Waals surface area (Å²) in [4.78, 5) is 13.7. The van der Waals surface area contributed by atoms with E-state index in [2.05, 4.69) is 0 Å². The molecule has 0 radical (unpaired) electrons. The predicted molar refractivity (Wildman–Crippen MR) is 87.0 cm³/mol. The molecule has 1 aromatic rings. The predicted octanol–water partition coefficient (Wildman–Crippen LogP) is 4.00. The average molecular weight is 359 g/mol. The molecular weight excluding hydrogens is 335 g/mol. The van der Waals surface area contributed by atoms with Crippen molar-refractivity contribution in [2.45, 2.75) is 52.0 Å². The lowest BCUT2D eigenvalue weighted by Crippen LogP contribution is -2.35. The Hall–Kier alpha value is -1.76. The van der Waals surface area contributed by atoms with Gasteiger partial charge in [0.2, 0.25) is 0 Å². The van der Waals surface area contributed by atoms with Crippen molar-refractivity contribution in [2.24, 2.45) is 5.92 Å². The van der Waals surface area contributed by atoms with Crippen LogP contribution in [0.15, 0.2) is 18.2 Å². The summed E-state index contributed by atoms with van der Waals surface area (Å²) in [5, 5.41) is 9.40. The van der Waals surface area contributed by atoms with E-state index < -0.39 is 23.9 Å². The van der Waals surface area contributed by atoms with Crippen LogP contribution in [-0.4, -0.2) is 34.8 Å². The maximum atomic E-state index is 12.8. The molecule has 1 aliphatic rings. The van der Waals surface area contributed by atoms with Crippen molar-refractivity contribution in [3.05, 3.63) is 34.9 Å². The number of carbonyl (C=O) groups is 1. The Morgan fingerprint density at radius 2 is 1.96 bits per heavy atom. The first-order valence-electron chi connectivity index (χ1n) is 8.27. The molecule has 0 saturated carbocycles. The van der Waals surface area contributed by atoms with Crippen molar-refractivity contribution in [1.82, 2.24) is 4.90 Å². The molecule has 0 bridgehead atoms. The number of carbonyl (C=O) groups excluding carboxylic acids is 1. The van der Waals surface area contributed by atoms with Crippen molar-refractivity contribution in [1.29, 1.82) is 0 Å². The summed E-state index contributed by atoms with van der Waals surface area (Å²) in [6.45, 7) is 6.02. The number of likely N-dealkylation sites (tertiary alicyclic amines) is 1. The molecule has 2 rings (SSSR count). The van der Waals surface area contributed by atoms with E-state index >= 15 is 0 Å². The Kier molecular flexibility index (Phi) is 5.66. The van der Waals surface area contributed by atoms with Gasteiger partial charge < -0.3 is 14.7 Å². The number of halogens is 3. The number of hydrogen-bond donors (Lipinski definition) is 1. The molecule has 1 saturated heterocycles. The summed E-state index contributed by atoms with van der Waals surface area (Å²) in [7, 11) is 0. The normalized spacial score (nSPS) is 18.5. The van der Waals surface area contributed by atoms with E-state index in [9.17, 15) is 23.1 Å². The summed E-state index contributed by atoms with van der Waals surface area (Å²) in [6.07, 6.45) is -3.52. The van der Waals surface area contributed by atoms with Crippen LogP contribution in [-0.2, 0) is 23.9 Å². The lowest BCUT2D eigenvalue weighted by atomic mass is 9.94. The maximum Gasteiger partial charge on any atom is 0.416 e. The lowest BCUT2D eigenvalue weighted by Gasteiger charge is -2.24. The van der Waals surface area contributed by atoms with Gasteiger partial charge in [0.15, 0.2) is 0 Å². The van der Waals surface area contributed by atoms with Crippen LogP contribution in [0.4, 0.5) is 18.0 Å². The van der Waals surface area contributed by atoms with Crippen molar-refractivity contribution in [3.8, 4) is 0 Å². The molecule has 1 heterocycles. The van der Waals surface area contributed by atoms with E-state index in [-0.39, 0.29) is 17.6 Å². The van der Waals surface area contributed by atoms with Gasteiger partial charge in [-0.05, 0) is 62.8 Å². The minimum Gasteiger partial charge on any atom is -0.444 e. The van der Waals surface area contributed by atoms with Crippen LogP contribution in [0.25, 0.3) is 0 Å². The highest BCUT2D eigenvalue weighted by Gasteiger charge is 2.32. The van der Waals surface area contributed by atoms with Crippen molar-refractivity contribution in [2.75, 3.05) is 13.1 Å². The third-order valence-corrected chi connectivity index (χ3v) is 4.15. The second-order valence-electron chi connectivity index (χ2n) is 7.42. The van der Waals surface area contributed by atoms with Crippen LogP contribution in [0.5, 0.6) is 0 Å². The number of ether oxygens (including phenoxy) is 1. The molecule has 0 aliphatic carbocycles. The number of aliphatic hydroxyl groups is 1. The Balaban J connectivity index is 2.03. The molecule has 1 amide bonds. The smallest absolute Gasteiger partial charge is 0.416 e. The van der Waals surface area contributed by atoms with Gasteiger partial charge in [-0.2, -0.15) is 13.2 Å². The molecule has 140 valence electrons. The molecule has 1 aliphatic heterocycles. The van der Waals surface area contributed by atoms with Gasteiger partial charge in [0.05, 0.1) is 12.2 Å². The van der Waals surface area contributed by atoms with Crippen molar-refractivity contribution < 1.29 is 27.8 Å². The molecule has 25 heavy (non-hydrogen) atoms. The molecule has 0 unspecified atom stereocenters. The molecule has 1 aromatic carbocycles. The van der Waals surface area contributed by atoms with E-state index in [1.807, 2.05) is 0 Å². The number of rotatable bonds is 3. The van der Waals surface area contributed by atoms with Crippen LogP contribution in [0, 0.1) is 5.92 Å². The zero-order valence-electron chi connectivity index (χ0n) is 14.7. The highest BCUT2D eigenvalue weighted by atomic mass is 19.4. The number of alkyl halides is 3. The molecule has 1 atom stereocenters. The highest BCUT2D eigenvalue weighted by Crippen LogP contribution is 2.32. The third kappa shape index (κ3) is 5.36. The van der Waals surface area contributed by atoms with Gasteiger partial charge in [-0.25, -0.2) is 4.79 Å². The fourth-order valence-electron chi connectivity index (χ4n) is 2.95. The van der Waals surface area contributed by atoms with Crippen LogP contribution < -0.4 is 0 Å². The summed E-state index contributed by atoms with van der Waals surface area (Å²) < 4.78 is 43.7. The van der Waals surface area contributed by atoms with Gasteiger partial charge in [0.1, 0.15) is 5.60 Å². The standard InChI is InChI=1S/C18H24F3NO3/c1-17(2,3)25-16(24)22-7-6-12(10-22)8-13-4-5-15(18(19,20)21)9-14(13)11-23/h4-5,9,12,23H,6-8,10-11H2,1-3H3/t12-/m1/s1. The molecule has 0 spiro atoms. The molecule has 1 N–H and O–H groups in total. The van der Waals surface area contributed by atoms with E-state index in [0.717, 1.165) is 18.6 Å². The van der Waals surface area contributed by atoms with E-state index in [0.29, 0.717) is 25.1 Å². The van der Waals surface area contributed by atoms with Crippen molar-refractivity contribution >= 4 is 6.09 Å². The Morgan fingerprint density at radius 1 is 1.28 bits per heavy atom. The van der Waals surface area contributed by atoms with E-state index in [1.165, 1.54) is 6.07 Å². The zero-order chi connectivity index (χ0) is 18.8. The van der Waals surface area contributed by atoms with Crippen LogP contribution in [0.3, 0.4) is 0 Å². The largest absolute Gasteiger partial charge is 0.444 e. The average Bonchev–Trinajstić information content (AvgIpc) is 2.93. The van der Waals surface area contributed by atoms with Crippen LogP contribution in [0.2, 0.25) is 0 Å². The van der Waals surface area contributed by atoms with E-state index in [1.54, 1.807) is 25.7 Å². The number of nitrogens with zero attached hydrogens (tertiary/aromatic N) is 1. The Labute approximate surface area is 145 Å². The SMILES string of the molecule is CC(C)(C)OC(=O)N1CC[C@H](Cc2ccc(C(F)(F)F)cc2CO)C1. The summed E-state index contributed by atoms with van der Waals surface area (Å²) >= 11 is 0. The lowest BCUT2D eigenvalue weighted by molar-refractivity contribution is -0.137. The summed E-state index contributed by atoms with van der Waals surface area (Å²) in [6, 6.07) is 3.45. The molecule has 7 heteroatoms. The third-order valence-electron chi connectivity index (χ3n) is 4.15. The summed E-state index contributed by atoms with van der Waals surface area (Å²) in [5.41, 5.74) is -0.355. The van der Waals surface area contributed by atoms with E-state index in [4.69, 9.17) is 4.74 Å². The minimum absolute atomic E-state index is 0.134. The molecular formula is C18H24F3NO3. The van der Waals surface area contributed by atoms with Gasteiger partial charge in [0.25, 0.3) is 0 Å². The second kappa shape index (κ2) is 7.23. The first-order valence-corrected chi connectivity index (χ1v) is 8.27. The topological polar surface area (TPSA) is 49.8 Å². The highest BCUT2D eigenvalue weighted by molar-refractivity contribution is 5.68. The number of hydrogen-bond acceptors (Lipinski definition) is 3. The van der Waals surface area contributed by atoms with Gasteiger partial charge in [0, 0.05) is 13.1 Å². The van der Waals surface area contributed by atoms with Gasteiger partial charge in [-0.1, -0.05) is 6.07 Å². The Bertz CT molecular complexity index is 623. The fraction of sp³-hybridized carbons (Fsp3) is 0.611. The van der Waals surface area contributed by atoms with Crippen LogP contribution in [0.1, 0.15) is 43.9 Å². The molecule has 4 nitrogen and oxygen atoms in total. The first kappa shape index (κ1) is 19.6. The minimum atomic E-state index is -4.43. The van der Waals surface area contributed by atoms with Gasteiger partial charge in [-0.15, -0.1) is 0 Å². The number of amides is 1. The number of benzene rings is 1. The van der Waals surface area contributed by atoms with Crippen molar-refractivity contribution in [3.63, 3.8) is 0 Å². The second-order valence-corrected chi connectivity index (χ2v) is 7.42. The van der Waals surface area contributed by atoms with Crippen LogP contribution >= 0.6 is 0 Å². The molecule has 1 fully saturated rings. The zero-order valence-corrected chi connectivity index (χ0v) is 14.7. The molecule has 0 aromatic heterocycles. The number of aliphatic hydroxyl groups excluding tert-OH is 1. The summed E-state index contributed by atoms with van der Waals surface area (Å²) in [5.74, 6) is 0.134. The quantitative estimate of drug-likeness (QED) is 0.888. The van der Waals surface area contributed by atoms with Gasteiger partial charge >= 0.3 is 12.3 Å². The Morgan fingerprint density at radius 3 is 2.52 bits per heavy atom. The monoisotopic (exact) mass is 359 g/mol. The maximum absolute atomic E-state index is 12.8.